The lowest BCUT2D eigenvalue weighted by atomic mass is 10.3. The van der Waals surface area contributed by atoms with Gasteiger partial charge < -0.3 is 10.2 Å². The maximum absolute atomic E-state index is 12.5. The highest BCUT2D eigenvalue weighted by Crippen LogP contribution is 2.28. The normalized spacial score (nSPS) is 16.6. The Morgan fingerprint density at radius 1 is 1.28 bits per heavy atom. The SMILES string of the molecule is CNC(=O)CN(C)C(=O)CN1CCN(S(=O)(=O)c2ccc(Cl)s2)CC1. The third-order valence-electron chi connectivity index (χ3n) is 3.92. The van der Waals surface area contributed by atoms with Crippen LogP contribution in [-0.4, -0.2) is 87.7 Å². The van der Waals surface area contributed by atoms with Gasteiger partial charge in [-0.15, -0.1) is 11.3 Å². The number of hydrogen-bond donors (Lipinski definition) is 1. The molecule has 0 radical (unpaired) electrons. The number of nitrogens with zero attached hydrogens (tertiary/aromatic N) is 3. The monoisotopic (exact) mass is 408 g/mol. The van der Waals surface area contributed by atoms with Gasteiger partial charge in [0, 0.05) is 40.3 Å². The third-order valence-corrected chi connectivity index (χ3v) is 7.52. The standard InChI is InChI=1S/C14H21ClN4O4S2/c1-16-12(20)9-17(2)13(21)10-18-5-7-19(8-6-18)25(22,23)14-4-3-11(15)24-14/h3-4H,5-10H2,1-2H3,(H,16,20). The van der Waals surface area contributed by atoms with E-state index in [4.69, 9.17) is 11.6 Å². The van der Waals surface area contributed by atoms with E-state index in [0.29, 0.717) is 30.5 Å². The Morgan fingerprint density at radius 3 is 2.44 bits per heavy atom. The first-order valence-electron chi connectivity index (χ1n) is 7.66. The molecular formula is C14H21ClN4O4S2. The second kappa shape index (κ2) is 8.45. The number of nitrogens with one attached hydrogen (secondary N) is 1. The number of carbonyl (C=O) groups excluding carboxylic acids is 2. The largest absolute Gasteiger partial charge is 0.358 e. The molecule has 25 heavy (non-hydrogen) atoms. The molecule has 1 saturated heterocycles. The van der Waals surface area contributed by atoms with Crippen molar-refractivity contribution in [2.75, 3.05) is 53.4 Å². The fourth-order valence-corrected chi connectivity index (χ4v) is 5.45. The van der Waals surface area contributed by atoms with Gasteiger partial charge in [0.2, 0.25) is 11.8 Å². The lowest BCUT2D eigenvalue weighted by Crippen LogP contribution is -2.51. The molecule has 11 heteroatoms. The number of sulfonamides is 1. The highest BCUT2D eigenvalue weighted by Gasteiger charge is 2.30. The first-order valence-corrected chi connectivity index (χ1v) is 10.3. The number of piperazine rings is 1. The zero-order valence-electron chi connectivity index (χ0n) is 14.1. The van der Waals surface area contributed by atoms with Crippen LogP contribution in [0.5, 0.6) is 0 Å². The van der Waals surface area contributed by atoms with Crippen LogP contribution < -0.4 is 5.32 Å². The van der Waals surface area contributed by atoms with Crippen molar-refractivity contribution in [2.45, 2.75) is 4.21 Å². The Balaban J connectivity index is 1.87. The van der Waals surface area contributed by atoms with E-state index in [1.807, 2.05) is 4.90 Å². The van der Waals surface area contributed by atoms with Gasteiger partial charge in [-0.1, -0.05) is 11.6 Å². The summed E-state index contributed by atoms with van der Waals surface area (Å²) in [5.74, 6) is -0.411. The molecule has 0 aliphatic carbocycles. The fourth-order valence-electron chi connectivity index (χ4n) is 2.39. The smallest absolute Gasteiger partial charge is 0.252 e. The van der Waals surface area contributed by atoms with Gasteiger partial charge in [-0.3, -0.25) is 14.5 Å². The Labute approximate surface area is 156 Å². The van der Waals surface area contributed by atoms with Crippen molar-refractivity contribution in [3.05, 3.63) is 16.5 Å². The van der Waals surface area contributed by atoms with Gasteiger partial charge in [-0.2, -0.15) is 4.31 Å². The average Bonchev–Trinajstić information content (AvgIpc) is 3.02. The molecular weight excluding hydrogens is 388 g/mol. The fraction of sp³-hybridized carbons (Fsp3) is 0.571. The Hall–Kier alpha value is -1.20. The van der Waals surface area contributed by atoms with E-state index < -0.39 is 10.0 Å². The van der Waals surface area contributed by atoms with Crippen LogP contribution in [-0.2, 0) is 19.6 Å². The summed E-state index contributed by atoms with van der Waals surface area (Å²) in [5.41, 5.74) is 0. The van der Waals surface area contributed by atoms with E-state index in [9.17, 15) is 18.0 Å². The molecule has 0 saturated carbocycles. The quantitative estimate of drug-likeness (QED) is 0.710. The topological polar surface area (TPSA) is 90.0 Å². The summed E-state index contributed by atoms with van der Waals surface area (Å²) in [6.45, 7) is 1.69. The number of thiophene rings is 1. The molecule has 2 amide bonds. The number of likely N-dealkylation sites (N-methyl/N-ethyl adjacent to an activating group) is 2. The molecule has 1 aliphatic heterocycles. The lowest BCUT2D eigenvalue weighted by Gasteiger charge is -2.33. The van der Waals surface area contributed by atoms with Crippen molar-refractivity contribution in [2.24, 2.45) is 0 Å². The summed E-state index contributed by atoms with van der Waals surface area (Å²) in [6.07, 6.45) is 0. The highest BCUT2D eigenvalue weighted by atomic mass is 35.5. The van der Waals surface area contributed by atoms with Gasteiger partial charge in [0.15, 0.2) is 0 Å². The Bertz CT molecular complexity index is 729. The zero-order chi connectivity index (χ0) is 18.6. The first-order chi connectivity index (χ1) is 11.7. The Kier molecular flexibility index (Phi) is 6.80. The molecule has 1 aromatic heterocycles. The summed E-state index contributed by atoms with van der Waals surface area (Å²) >= 11 is 6.85. The second-order valence-corrected chi connectivity index (χ2v) is 9.54. The molecule has 140 valence electrons. The predicted molar refractivity (Wildman–Crippen MR) is 96.2 cm³/mol. The molecule has 0 aromatic carbocycles. The number of carbonyl (C=O) groups is 2. The van der Waals surface area contributed by atoms with Crippen LogP contribution in [0.1, 0.15) is 0 Å². The van der Waals surface area contributed by atoms with Gasteiger partial charge in [0.1, 0.15) is 4.21 Å². The van der Waals surface area contributed by atoms with E-state index in [0.717, 1.165) is 11.3 Å². The van der Waals surface area contributed by atoms with E-state index in [1.165, 1.54) is 22.3 Å². The minimum atomic E-state index is -3.54. The number of rotatable bonds is 6. The Morgan fingerprint density at radius 2 is 1.92 bits per heavy atom. The van der Waals surface area contributed by atoms with Crippen molar-refractivity contribution in [1.82, 2.24) is 19.4 Å². The van der Waals surface area contributed by atoms with Gasteiger partial charge >= 0.3 is 0 Å². The third kappa shape index (κ3) is 5.14. The minimum Gasteiger partial charge on any atom is -0.358 e. The van der Waals surface area contributed by atoms with Crippen molar-refractivity contribution >= 4 is 44.8 Å². The van der Waals surface area contributed by atoms with Crippen LogP contribution in [0.2, 0.25) is 4.34 Å². The van der Waals surface area contributed by atoms with Crippen molar-refractivity contribution in [3.8, 4) is 0 Å². The van der Waals surface area contributed by atoms with Crippen molar-refractivity contribution in [3.63, 3.8) is 0 Å². The van der Waals surface area contributed by atoms with Gasteiger partial charge in [0.25, 0.3) is 10.0 Å². The summed E-state index contributed by atoms with van der Waals surface area (Å²) in [6, 6.07) is 3.07. The number of amides is 2. The summed E-state index contributed by atoms with van der Waals surface area (Å²) in [4.78, 5) is 26.7. The van der Waals surface area contributed by atoms with E-state index in [-0.39, 0.29) is 29.1 Å². The maximum atomic E-state index is 12.5. The van der Waals surface area contributed by atoms with Gasteiger partial charge in [-0.25, -0.2) is 8.42 Å². The predicted octanol–water partition coefficient (Wildman–Crippen LogP) is -0.0878. The molecule has 1 N–H and O–H groups in total. The minimum absolute atomic E-state index is 0.00279. The molecule has 1 fully saturated rings. The van der Waals surface area contributed by atoms with E-state index in [1.54, 1.807) is 13.1 Å². The molecule has 0 bridgehead atoms. The highest BCUT2D eigenvalue weighted by molar-refractivity contribution is 7.91. The van der Waals surface area contributed by atoms with E-state index in [2.05, 4.69) is 5.32 Å². The molecule has 0 unspecified atom stereocenters. The van der Waals surface area contributed by atoms with Crippen molar-refractivity contribution < 1.29 is 18.0 Å². The van der Waals surface area contributed by atoms with E-state index >= 15 is 0 Å². The van der Waals surface area contributed by atoms with Crippen LogP contribution in [0.3, 0.4) is 0 Å². The second-order valence-electron chi connectivity index (χ2n) is 5.66. The molecule has 8 nitrogen and oxygen atoms in total. The van der Waals surface area contributed by atoms with Gasteiger partial charge in [0.05, 0.1) is 17.4 Å². The molecule has 1 aromatic rings. The molecule has 2 heterocycles. The summed E-state index contributed by atoms with van der Waals surface area (Å²) < 4.78 is 27.1. The molecule has 0 spiro atoms. The van der Waals surface area contributed by atoms with Crippen molar-refractivity contribution in [1.29, 1.82) is 0 Å². The first kappa shape index (κ1) is 20.1. The van der Waals surface area contributed by atoms with Crippen LogP contribution in [0.4, 0.5) is 0 Å². The lowest BCUT2D eigenvalue weighted by molar-refractivity contribution is -0.135. The summed E-state index contributed by atoms with van der Waals surface area (Å²) in [5, 5.41) is 2.47. The average molecular weight is 409 g/mol. The van der Waals surface area contributed by atoms with Crippen LogP contribution >= 0.6 is 22.9 Å². The number of halogens is 1. The van der Waals surface area contributed by atoms with Crippen LogP contribution in [0.25, 0.3) is 0 Å². The molecule has 1 aliphatic rings. The van der Waals surface area contributed by atoms with Crippen LogP contribution in [0.15, 0.2) is 16.3 Å². The van der Waals surface area contributed by atoms with Gasteiger partial charge in [-0.05, 0) is 12.1 Å². The molecule has 0 atom stereocenters. The van der Waals surface area contributed by atoms with Crippen LogP contribution in [0, 0.1) is 0 Å². The number of hydrogen-bond acceptors (Lipinski definition) is 6. The summed E-state index contributed by atoms with van der Waals surface area (Å²) in [7, 11) is -0.453. The molecule has 2 rings (SSSR count). The maximum Gasteiger partial charge on any atom is 0.252 e. The zero-order valence-corrected chi connectivity index (χ0v) is 16.5.